The molecule has 0 saturated carbocycles. The Morgan fingerprint density at radius 3 is 2.07 bits per heavy atom. The number of halogens is 2. The number of hydrogen-bond acceptors (Lipinski definition) is 5. The highest BCUT2D eigenvalue weighted by Crippen LogP contribution is 2.21. The predicted molar refractivity (Wildman–Crippen MR) is 157 cm³/mol. The van der Waals surface area contributed by atoms with Gasteiger partial charge in [0.05, 0.1) is 13.1 Å². The summed E-state index contributed by atoms with van der Waals surface area (Å²) in [4.78, 5) is 32.0. The van der Waals surface area contributed by atoms with Crippen molar-refractivity contribution in [3.63, 3.8) is 0 Å². The standard InChI is InChI=1S/C32H35F2N5O2/c1-22-9-6-7-12-25(22)19-36-15-17-37(18-16-36)30-23(2)38(20-26-27(33)13-8-14-28(26)34)32(41)39(31(30)40)21-29(35)24-10-4-3-5-11-24/h3-14,29H,15-21,35H2,1-2H3. The van der Waals surface area contributed by atoms with Gasteiger partial charge in [0.1, 0.15) is 17.3 Å². The van der Waals surface area contributed by atoms with Gasteiger partial charge in [-0.05, 0) is 42.7 Å². The number of piperazine rings is 1. The van der Waals surface area contributed by atoms with Crippen molar-refractivity contribution >= 4 is 5.69 Å². The van der Waals surface area contributed by atoms with Crippen molar-refractivity contribution in [3.8, 4) is 0 Å². The molecule has 3 aromatic carbocycles. The van der Waals surface area contributed by atoms with E-state index in [2.05, 4.69) is 24.0 Å². The molecule has 1 fully saturated rings. The van der Waals surface area contributed by atoms with Gasteiger partial charge in [-0.2, -0.15) is 0 Å². The second kappa shape index (κ2) is 12.2. The molecule has 1 saturated heterocycles. The molecule has 5 rings (SSSR count). The highest BCUT2D eigenvalue weighted by molar-refractivity contribution is 5.50. The maximum Gasteiger partial charge on any atom is 0.331 e. The molecule has 1 aromatic heterocycles. The second-order valence-electron chi connectivity index (χ2n) is 10.6. The lowest BCUT2D eigenvalue weighted by molar-refractivity contribution is 0.248. The van der Waals surface area contributed by atoms with Crippen LogP contribution < -0.4 is 21.9 Å². The van der Waals surface area contributed by atoms with Crippen LogP contribution in [0.25, 0.3) is 0 Å². The van der Waals surface area contributed by atoms with Gasteiger partial charge in [0.2, 0.25) is 0 Å². The molecular weight excluding hydrogens is 524 g/mol. The highest BCUT2D eigenvalue weighted by atomic mass is 19.1. The normalized spacial score (nSPS) is 14.8. The molecule has 0 aliphatic carbocycles. The van der Waals surface area contributed by atoms with Crippen molar-refractivity contribution in [1.29, 1.82) is 0 Å². The summed E-state index contributed by atoms with van der Waals surface area (Å²) in [5.74, 6) is -1.50. The molecule has 0 amide bonds. The number of nitrogens with two attached hydrogens (primary N) is 1. The number of aromatic nitrogens is 2. The molecule has 1 aliphatic rings. The van der Waals surface area contributed by atoms with Crippen LogP contribution in [-0.2, 0) is 19.6 Å². The minimum Gasteiger partial charge on any atom is -0.363 e. The molecule has 2 N–H and O–H groups in total. The third-order valence-electron chi connectivity index (χ3n) is 7.99. The fourth-order valence-corrected chi connectivity index (χ4v) is 5.50. The Balaban J connectivity index is 1.50. The van der Waals surface area contributed by atoms with Gasteiger partial charge in [0.15, 0.2) is 0 Å². The van der Waals surface area contributed by atoms with Crippen molar-refractivity contribution in [2.75, 3.05) is 31.1 Å². The fraction of sp³-hybridized carbons (Fsp3) is 0.312. The van der Waals surface area contributed by atoms with E-state index in [-0.39, 0.29) is 18.7 Å². The molecule has 9 heteroatoms. The van der Waals surface area contributed by atoms with Gasteiger partial charge in [0, 0.05) is 50.0 Å². The number of hydrogen-bond donors (Lipinski definition) is 1. The first kappa shape index (κ1) is 28.4. The summed E-state index contributed by atoms with van der Waals surface area (Å²) in [6.45, 7) is 6.73. The summed E-state index contributed by atoms with van der Waals surface area (Å²) in [7, 11) is 0. The highest BCUT2D eigenvalue weighted by Gasteiger charge is 2.26. The zero-order chi connectivity index (χ0) is 29.1. The summed E-state index contributed by atoms with van der Waals surface area (Å²) in [5.41, 5.74) is 9.11. The van der Waals surface area contributed by atoms with E-state index in [9.17, 15) is 18.4 Å². The van der Waals surface area contributed by atoms with Gasteiger partial charge in [-0.3, -0.25) is 18.8 Å². The lowest BCUT2D eigenvalue weighted by Gasteiger charge is -2.37. The van der Waals surface area contributed by atoms with Crippen LogP contribution in [0.2, 0.25) is 0 Å². The summed E-state index contributed by atoms with van der Waals surface area (Å²) < 4.78 is 31.7. The van der Waals surface area contributed by atoms with E-state index in [1.165, 1.54) is 21.8 Å². The summed E-state index contributed by atoms with van der Waals surface area (Å²) >= 11 is 0. The number of anilines is 1. The average Bonchev–Trinajstić information content (AvgIpc) is 2.97. The minimum atomic E-state index is -0.749. The maximum absolute atomic E-state index is 14.7. The van der Waals surface area contributed by atoms with Gasteiger partial charge >= 0.3 is 5.69 Å². The van der Waals surface area contributed by atoms with Crippen LogP contribution in [0.5, 0.6) is 0 Å². The third kappa shape index (κ3) is 6.01. The van der Waals surface area contributed by atoms with Crippen LogP contribution in [0.3, 0.4) is 0 Å². The van der Waals surface area contributed by atoms with E-state index in [1.807, 2.05) is 47.4 Å². The lowest BCUT2D eigenvalue weighted by atomic mass is 10.1. The largest absolute Gasteiger partial charge is 0.363 e. The molecule has 1 atom stereocenters. The zero-order valence-electron chi connectivity index (χ0n) is 23.4. The fourth-order valence-electron chi connectivity index (χ4n) is 5.50. The van der Waals surface area contributed by atoms with Crippen molar-refractivity contribution in [2.45, 2.75) is 39.5 Å². The number of rotatable bonds is 8. The van der Waals surface area contributed by atoms with Gasteiger partial charge in [-0.1, -0.05) is 60.7 Å². The Hall–Kier alpha value is -4.08. The molecule has 1 aliphatic heterocycles. The topological polar surface area (TPSA) is 76.5 Å². The first-order valence-electron chi connectivity index (χ1n) is 13.8. The zero-order valence-corrected chi connectivity index (χ0v) is 23.4. The van der Waals surface area contributed by atoms with Crippen molar-refractivity contribution in [2.24, 2.45) is 5.73 Å². The Bertz CT molecular complexity index is 1620. The molecule has 0 radical (unpaired) electrons. The summed E-state index contributed by atoms with van der Waals surface area (Å²) in [6, 6.07) is 20.5. The van der Waals surface area contributed by atoms with Crippen LogP contribution in [0, 0.1) is 25.5 Å². The van der Waals surface area contributed by atoms with Crippen molar-refractivity contribution < 1.29 is 8.78 Å². The number of benzene rings is 3. The van der Waals surface area contributed by atoms with E-state index >= 15 is 0 Å². The molecular formula is C32H35F2N5O2. The smallest absolute Gasteiger partial charge is 0.331 e. The van der Waals surface area contributed by atoms with E-state index in [1.54, 1.807) is 6.92 Å². The van der Waals surface area contributed by atoms with E-state index in [0.29, 0.717) is 24.5 Å². The van der Waals surface area contributed by atoms with Crippen LogP contribution in [0.15, 0.2) is 82.4 Å². The van der Waals surface area contributed by atoms with Crippen LogP contribution >= 0.6 is 0 Å². The lowest BCUT2D eigenvalue weighted by Crippen LogP contribution is -2.51. The molecule has 7 nitrogen and oxygen atoms in total. The molecule has 0 spiro atoms. The first-order chi connectivity index (χ1) is 19.7. The molecule has 4 aromatic rings. The van der Waals surface area contributed by atoms with E-state index in [0.717, 1.165) is 41.9 Å². The summed E-state index contributed by atoms with van der Waals surface area (Å²) in [6.07, 6.45) is 0. The quantitative estimate of drug-likeness (QED) is 0.354. The van der Waals surface area contributed by atoms with Crippen LogP contribution in [0.1, 0.15) is 34.0 Å². The molecule has 41 heavy (non-hydrogen) atoms. The van der Waals surface area contributed by atoms with Gasteiger partial charge < -0.3 is 10.6 Å². The second-order valence-corrected chi connectivity index (χ2v) is 10.6. The Labute approximate surface area is 238 Å². The SMILES string of the molecule is Cc1ccccc1CN1CCN(c2c(C)n(Cc3c(F)cccc3F)c(=O)n(CC(N)c3ccccc3)c2=O)CC1. The predicted octanol–water partition coefficient (Wildman–Crippen LogP) is 3.98. The average molecular weight is 560 g/mol. The van der Waals surface area contributed by atoms with E-state index < -0.39 is 28.9 Å². The summed E-state index contributed by atoms with van der Waals surface area (Å²) in [5, 5.41) is 0. The number of nitrogens with zero attached hydrogens (tertiary/aromatic N) is 4. The molecule has 214 valence electrons. The maximum atomic E-state index is 14.7. The van der Waals surface area contributed by atoms with Gasteiger partial charge in [-0.15, -0.1) is 0 Å². The Kier molecular flexibility index (Phi) is 8.46. The number of aryl methyl sites for hydroxylation is 1. The Morgan fingerprint density at radius 2 is 1.41 bits per heavy atom. The first-order valence-corrected chi connectivity index (χ1v) is 13.8. The van der Waals surface area contributed by atoms with Crippen molar-refractivity contribution in [3.05, 3.63) is 133 Å². The Morgan fingerprint density at radius 1 is 0.780 bits per heavy atom. The van der Waals surface area contributed by atoms with Crippen molar-refractivity contribution in [1.82, 2.24) is 14.0 Å². The monoisotopic (exact) mass is 559 g/mol. The molecule has 2 heterocycles. The van der Waals surface area contributed by atoms with Gasteiger partial charge in [-0.25, -0.2) is 13.6 Å². The minimum absolute atomic E-state index is 0.0675. The third-order valence-corrected chi connectivity index (χ3v) is 7.99. The van der Waals surface area contributed by atoms with Gasteiger partial charge in [0.25, 0.3) is 5.56 Å². The van der Waals surface area contributed by atoms with Crippen LogP contribution in [0.4, 0.5) is 14.5 Å². The molecule has 0 bridgehead atoms. The van der Waals surface area contributed by atoms with Crippen LogP contribution in [-0.4, -0.2) is 40.2 Å². The molecule has 1 unspecified atom stereocenters. The van der Waals surface area contributed by atoms with E-state index in [4.69, 9.17) is 5.73 Å².